The van der Waals surface area contributed by atoms with Crippen molar-refractivity contribution in [3.05, 3.63) is 0 Å². The molecule has 0 heterocycles. The van der Waals surface area contributed by atoms with Gasteiger partial charge in [0, 0.05) is 12.1 Å². The zero-order chi connectivity index (χ0) is 12.8. The van der Waals surface area contributed by atoms with Gasteiger partial charge in [-0.15, -0.1) is 0 Å². The highest BCUT2D eigenvalue weighted by atomic mass is 16.6. The van der Waals surface area contributed by atoms with Crippen LogP contribution in [0.3, 0.4) is 0 Å². The summed E-state index contributed by atoms with van der Waals surface area (Å²) in [6.07, 6.45) is 2.79. The molecule has 0 radical (unpaired) electrons. The lowest BCUT2D eigenvalue weighted by molar-refractivity contribution is 0.0402. The summed E-state index contributed by atoms with van der Waals surface area (Å²) in [6.45, 7) is 13.0. The van der Waals surface area contributed by atoms with Crippen LogP contribution in [0.15, 0.2) is 0 Å². The second-order valence-electron chi connectivity index (χ2n) is 5.15. The Morgan fingerprint density at radius 3 is 2.19 bits per heavy atom. The minimum Gasteiger partial charge on any atom is -0.447 e. The number of rotatable bonds is 6. The number of amides is 1. The minimum absolute atomic E-state index is 0.0516. The molecule has 0 aliphatic rings. The van der Waals surface area contributed by atoms with Crippen LogP contribution in [0, 0.1) is 0 Å². The van der Waals surface area contributed by atoms with Crippen LogP contribution in [-0.2, 0) is 4.74 Å². The molecule has 16 heavy (non-hydrogen) atoms. The highest BCUT2D eigenvalue weighted by molar-refractivity contribution is 5.68. The molecule has 0 fully saturated rings. The highest BCUT2D eigenvalue weighted by Gasteiger charge is 2.30. The van der Waals surface area contributed by atoms with Gasteiger partial charge in [0.15, 0.2) is 0 Å². The quantitative estimate of drug-likeness (QED) is 0.693. The Bertz CT molecular complexity index is 212. The summed E-state index contributed by atoms with van der Waals surface area (Å²) in [4.78, 5) is 13.8. The van der Waals surface area contributed by atoms with Crippen LogP contribution >= 0.6 is 0 Å². The number of hydrogen-bond acceptors (Lipinski definition) is 2. The molecule has 0 saturated carbocycles. The van der Waals surface area contributed by atoms with E-state index in [2.05, 4.69) is 27.7 Å². The lowest BCUT2D eigenvalue weighted by Crippen LogP contribution is -2.48. The van der Waals surface area contributed by atoms with Gasteiger partial charge in [0.05, 0.1) is 6.10 Å². The summed E-state index contributed by atoms with van der Waals surface area (Å²) in [6, 6.07) is 0. The zero-order valence-corrected chi connectivity index (χ0v) is 11.7. The first-order chi connectivity index (χ1) is 7.35. The molecule has 0 bridgehead atoms. The predicted octanol–water partition coefficient (Wildman–Crippen LogP) is 3.82. The molecule has 1 amide bonds. The predicted molar refractivity (Wildman–Crippen MR) is 67.6 cm³/mol. The Hall–Kier alpha value is -0.730. The normalized spacial score (nSPS) is 11.7. The average Bonchev–Trinajstić information content (AvgIpc) is 2.12. The van der Waals surface area contributed by atoms with Crippen LogP contribution in [0.2, 0.25) is 0 Å². The first kappa shape index (κ1) is 15.3. The third kappa shape index (κ3) is 4.86. The fourth-order valence-corrected chi connectivity index (χ4v) is 1.88. The van der Waals surface area contributed by atoms with Crippen LogP contribution in [0.4, 0.5) is 4.79 Å². The summed E-state index contributed by atoms with van der Waals surface area (Å²) in [5, 5.41) is 0. The molecule has 0 aromatic heterocycles. The van der Waals surface area contributed by atoms with Gasteiger partial charge in [-0.25, -0.2) is 4.79 Å². The average molecular weight is 229 g/mol. The number of carbonyl (C=O) groups excluding carboxylic acids is 1. The first-order valence-corrected chi connectivity index (χ1v) is 6.33. The van der Waals surface area contributed by atoms with Gasteiger partial charge in [-0.1, -0.05) is 20.3 Å². The van der Waals surface area contributed by atoms with Crippen molar-refractivity contribution >= 4 is 6.09 Å². The molecule has 0 aromatic rings. The fraction of sp³-hybridized carbons (Fsp3) is 0.923. The van der Waals surface area contributed by atoms with Crippen LogP contribution in [-0.4, -0.2) is 29.2 Å². The van der Waals surface area contributed by atoms with Crippen molar-refractivity contribution in [2.45, 2.75) is 72.4 Å². The van der Waals surface area contributed by atoms with Crippen molar-refractivity contribution in [1.82, 2.24) is 4.90 Å². The fourth-order valence-electron chi connectivity index (χ4n) is 1.88. The molecule has 0 aliphatic heterocycles. The smallest absolute Gasteiger partial charge is 0.410 e. The Labute approximate surface area is 100 Å². The van der Waals surface area contributed by atoms with Gasteiger partial charge < -0.3 is 9.64 Å². The van der Waals surface area contributed by atoms with Gasteiger partial charge >= 0.3 is 6.09 Å². The summed E-state index contributed by atoms with van der Waals surface area (Å²) in [5.41, 5.74) is -0.114. The molecule has 0 saturated heterocycles. The van der Waals surface area contributed by atoms with Crippen molar-refractivity contribution in [3.8, 4) is 0 Å². The van der Waals surface area contributed by atoms with E-state index in [9.17, 15) is 4.79 Å². The molecular weight excluding hydrogens is 202 g/mol. The van der Waals surface area contributed by atoms with Crippen molar-refractivity contribution < 1.29 is 9.53 Å². The topological polar surface area (TPSA) is 29.5 Å². The third-order valence-electron chi connectivity index (χ3n) is 2.60. The minimum atomic E-state index is -0.185. The van der Waals surface area contributed by atoms with Crippen molar-refractivity contribution in [3.63, 3.8) is 0 Å². The van der Waals surface area contributed by atoms with Gasteiger partial charge in [-0.3, -0.25) is 0 Å². The number of nitrogens with zero attached hydrogens (tertiary/aromatic N) is 1. The van der Waals surface area contributed by atoms with Gasteiger partial charge in [0.1, 0.15) is 0 Å². The first-order valence-electron chi connectivity index (χ1n) is 6.33. The summed E-state index contributed by atoms with van der Waals surface area (Å²) >= 11 is 0. The van der Waals surface area contributed by atoms with Crippen molar-refractivity contribution in [2.75, 3.05) is 6.54 Å². The maximum absolute atomic E-state index is 12.0. The van der Waals surface area contributed by atoms with E-state index in [4.69, 9.17) is 4.74 Å². The van der Waals surface area contributed by atoms with Gasteiger partial charge in [-0.05, 0) is 40.5 Å². The molecular formula is C13H27NO2. The van der Waals surface area contributed by atoms with Crippen LogP contribution in [0.25, 0.3) is 0 Å². The standard InChI is InChI=1S/C13H27NO2/c1-7-9-13(5,6)14(10-8-2)12(15)16-11(3)4/h11H,7-10H2,1-6H3. The van der Waals surface area contributed by atoms with Crippen LogP contribution in [0.1, 0.15) is 60.8 Å². The van der Waals surface area contributed by atoms with Gasteiger partial charge in [0.25, 0.3) is 0 Å². The van der Waals surface area contributed by atoms with E-state index >= 15 is 0 Å². The summed E-state index contributed by atoms with van der Waals surface area (Å²) in [5.74, 6) is 0. The second-order valence-corrected chi connectivity index (χ2v) is 5.15. The number of ether oxygens (including phenoxy) is 1. The Morgan fingerprint density at radius 1 is 1.25 bits per heavy atom. The number of carbonyl (C=O) groups is 1. The molecule has 0 rings (SSSR count). The molecule has 0 N–H and O–H groups in total. The molecule has 0 aliphatic carbocycles. The van der Waals surface area contributed by atoms with E-state index in [-0.39, 0.29) is 17.7 Å². The molecule has 0 spiro atoms. The molecule has 0 aromatic carbocycles. The van der Waals surface area contributed by atoms with E-state index in [0.717, 1.165) is 25.8 Å². The molecule has 3 heteroatoms. The van der Waals surface area contributed by atoms with Crippen molar-refractivity contribution in [1.29, 1.82) is 0 Å². The SMILES string of the molecule is CCCN(C(=O)OC(C)C)C(C)(C)CCC. The van der Waals surface area contributed by atoms with Crippen LogP contribution < -0.4 is 0 Å². The Balaban J connectivity index is 4.64. The monoisotopic (exact) mass is 229 g/mol. The molecule has 0 unspecified atom stereocenters. The summed E-state index contributed by atoms with van der Waals surface area (Å²) in [7, 11) is 0. The zero-order valence-electron chi connectivity index (χ0n) is 11.7. The highest BCUT2D eigenvalue weighted by Crippen LogP contribution is 2.22. The third-order valence-corrected chi connectivity index (χ3v) is 2.60. The lowest BCUT2D eigenvalue weighted by Gasteiger charge is -2.38. The van der Waals surface area contributed by atoms with Gasteiger partial charge in [0.2, 0.25) is 0 Å². The lowest BCUT2D eigenvalue weighted by atomic mass is 9.96. The summed E-state index contributed by atoms with van der Waals surface area (Å²) < 4.78 is 5.28. The second kappa shape index (κ2) is 6.77. The van der Waals surface area contributed by atoms with E-state index < -0.39 is 0 Å². The Morgan fingerprint density at radius 2 is 1.81 bits per heavy atom. The van der Waals surface area contributed by atoms with E-state index in [1.807, 2.05) is 18.7 Å². The number of hydrogen-bond donors (Lipinski definition) is 0. The molecule has 0 atom stereocenters. The van der Waals surface area contributed by atoms with Gasteiger partial charge in [-0.2, -0.15) is 0 Å². The molecule has 96 valence electrons. The molecule has 3 nitrogen and oxygen atoms in total. The maximum atomic E-state index is 12.0. The van der Waals surface area contributed by atoms with Crippen molar-refractivity contribution in [2.24, 2.45) is 0 Å². The van der Waals surface area contributed by atoms with E-state index in [1.54, 1.807) is 0 Å². The largest absolute Gasteiger partial charge is 0.447 e. The Kier molecular flexibility index (Phi) is 6.46. The van der Waals surface area contributed by atoms with E-state index in [0.29, 0.717) is 0 Å². The van der Waals surface area contributed by atoms with E-state index in [1.165, 1.54) is 0 Å². The van der Waals surface area contributed by atoms with Crippen LogP contribution in [0.5, 0.6) is 0 Å². The maximum Gasteiger partial charge on any atom is 0.410 e.